The van der Waals surface area contributed by atoms with Gasteiger partial charge in [-0.15, -0.1) is 0 Å². The molecule has 0 radical (unpaired) electrons. The number of hydrogen-bond acceptors (Lipinski definition) is 3. The van der Waals surface area contributed by atoms with Gasteiger partial charge in [-0.05, 0) is 33.6 Å². The fourth-order valence-electron chi connectivity index (χ4n) is 1.65. The summed E-state index contributed by atoms with van der Waals surface area (Å²) in [5, 5.41) is 10.8. The van der Waals surface area contributed by atoms with Crippen LogP contribution in [0, 0.1) is 0 Å². The van der Waals surface area contributed by atoms with Crippen molar-refractivity contribution in [2.45, 2.75) is 64.3 Å². The van der Waals surface area contributed by atoms with Crippen LogP contribution in [0.1, 0.15) is 59.2 Å². The highest BCUT2D eigenvalue weighted by Crippen LogP contribution is 2.28. The van der Waals surface area contributed by atoms with Gasteiger partial charge < -0.3 is 9.67 Å². The minimum Gasteiger partial charge on any atom is -0.390 e. The molecule has 0 unspecified atom stereocenters. The van der Waals surface area contributed by atoms with Crippen LogP contribution in [0.25, 0.3) is 0 Å². The number of thioether (sulfide) groups is 1. The Morgan fingerprint density at radius 1 is 1.35 bits per heavy atom. The van der Waals surface area contributed by atoms with E-state index in [1.807, 2.05) is 20.0 Å². The van der Waals surface area contributed by atoms with Gasteiger partial charge in [-0.1, -0.05) is 25.6 Å². The maximum absolute atomic E-state index is 9.77. The lowest BCUT2D eigenvalue weighted by Gasteiger charge is -2.20. The maximum atomic E-state index is 9.77. The van der Waals surface area contributed by atoms with Crippen LogP contribution in [-0.4, -0.2) is 26.0 Å². The molecule has 1 heterocycles. The first-order valence-corrected chi connectivity index (χ1v) is 7.13. The first-order valence-electron chi connectivity index (χ1n) is 6.14. The van der Waals surface area contributed by atoms with Crippen molar-refractivity contribution in [2.24, 2.45) is 0 Å². The van der Waals surface area contributed by atoms with E-state index in [1.54, 1.807) is 11.8 Å². The summed E-state index contributed by atoms with van der Waals surface area (Å²) in [5.41, 5.74) is 0.606. The highest BCUT2D eigenvalue weighted by Gasteiger charge is 2.19. The van der Waals surface area contributed by atoms with E-state index in [0.29, 0.717) is 17.7 Å². The number of nitrogens with zero attached hydrogens (tertiary/aromatic N) is 2. The van der Waals surface area contributed by atoms with Crippen molar-refractivity contribution in [3.8, 4) is 0 Å². The minimum atomic E-state index is -0.656. The smallest absolute Gasteiger partial charge is 0.168 e. The monoisotopic (exact) mass is 256 g/mol. The van der Waals surface area contributed by atoms with Gasteiger partial charge in [0.2, 0.25) is 0 Å². The zero-order valence-corrected chi connectivity index (χ0v) is 12.5. The molecule has 1 aromatic rings. The van der Waals surface area contributed by atoms with E-state index in [9.17, 15) is 5.11 Å². The summed E-state index contributed by atoms with van der Waals surface area (Å²) in [7, 11) is 0. The molecule has 1 N–H and O–H groups in total. The van der Waals surface area contributed by atoms with Crippen LogP contribution in [0.3, 0.4) is 0 Å². The second kappa shape index (κ2) is 5.44. The number of aromatic nitrogens is 2. The average molecular weight is 256 g/mol. The van der Waals surface area contributed by atoms with Crippen molar-refractivity contribution >= 4 is 11.8 Å². The third-order valence-corrected chi connectivity index (χ3v) is 3.87. The number of aliphatic hydroxyl groups is 1. The molecule has 0 aliphatic carbocycles. The minimum absolute atomic E-state index is 0.402. The molecule has 0 aromatic carbocycles. The number of imidazole rings is 1. The van der Waals surface area contributed by atoms with E-state index in [2.05, 4.69) is 37.2 Å². The van der Waals surface area contributed by atoms with E-state index in [4.69, 9.17) is 0 Å². The molecule has 0 aliphatic rings. The van der Waals surface area contributed by atoms with E-state index >= 15 is 0 Å². The normalized spacial score (nSPS) is 12.8. The molecule has 98 valence electrons. The maximum Gasteiger partial charge on any atom is 0.168 e. The van der Waals surface area contributed by atoms with Crippen LogP contribution >= 0.6 is 11.8 Å². The number of hydrogen-bond donors (Lipinski definition) is 1. The molecule has 17 heavy (non-hydrogen) atoms. The summed E-state index contributed by atoms with van der Waals surface area (Å²) >= 11 is 1.62. The van der Waals surface area contributed by atoms with Crippen molar-refractivity contribution in [2.75, 3.05) is 5.75 Å². The van der Waals surface area contributed by atoms with Gasteiger partial charge in [0.15, 0.2) is 5.16 Å². The summed E-state index contributed by atoms with van der Waals surface area (Å²) in [6.07, 6.45) is 1.96. The molecular formula is C13H24N2OS. The first-order chi connectivity index (χ1) is 7.72. The first kappa shape index (κ1) is 14.6. The van der Waals surface area contributed by atoms with E-state index in [-0.39, 0.29) is 0 Å². The molecule has 1 rings (SSSR count). The van der Waals surface area contributed by atoms with Gasteiger partial charge in [0.25, 0.3) is 0 Å². The second-order valence-corrected chi connectivity index (χ2v) is 6.63. The predicted molar refractivity (Wildman–Crippen MR) is 73.7 cm³/mol. The largest absolute Gasteiger partial charge is 0.390 e. The Kier molecular flexibility index (Phi) is 4.67. The summed E-state index contributed by atoms with van der Waals surface area (Å²) in [5.74, 6) is 1.13. The Hall–Kier alpha value is -0.480. The Balaban J connectivity index is 2.93. The third-order valence-electron chi connectivity index (χ3n) is 2.45. The lowest BCUT2D eigenvalue weighted by molar-refractivity contribution is 0.107. The van der Waals surface area contributed by atoms with Crippen LogP contribution in [0.2, 0.25) is 0 Å². The van der Waals surface area contributed by atoms with Gasteiger partial charge in [-0.3, -0.25) is 0 Å². The number of rotatable bonds is 5. The molecule has 0 spiro atoms. The Morgan fingerprint density at radius 3 is 2.35 bits per heavy atom. The molecule has 0 saturated carbocycles. The average Bonchev–Trinajstić information content (AvgIpc) is 2.56. The van der Waals surface area contributed by atoms with Crippen molar-refractivity contribution in [3.05, 3.63) is 11.9 Å². The van der Waals surface area contributed by atoms with Gasteiger partial charge in [-0.2, -0.15) is 0 Å². The van der Waals surface area contributed by atoms with Crippen LogP contribution in [0.5, 0.6) is 0 Å². The summed E-state index contributed by atoms with van der Waals surface area (Å²) in [6.45, 7) is 12.3. The SMILES string of the molecule is CC(C)c1cnc(SCC(C)(C)O)n1C(C)C. The van der Waals surface area contributed by atoms with E-state index < -0.39 is 5.60 Å². The molecule has 0 aliphatic heterocycles. The predicted octanol–water partition coefficient (Wildman–Crippen LogP) is 3.45. The van der Waals surface area contributed by atoms with E-state index in [0.717, 1.165) is 5.16 Å². The van der Waals surface area contributed by atoms with Crippen molar-refractivity contribution in [1.29, 1.82) is 0 Å². The van der Waals surface area contributed by atoms with Gasteiger partial charge in [0, 0.05) is 23.7 Å². The van der Waals surface area contributed by atoms with Crippen molar-refractivity contribution in [3.63, 3.8) is 0 Å². The lowest BCUT2D eigenvalue weighted by atomic mass is 10.1. The van der Waals surface area contributed by atoms with Gasteiger partial charge in [0.1, 0.15) is 0 Å². The molecule has 1 aromatic heterocycles. The van der Waals surface area contributed by atoms with Crippen LogP contribution in [-0.2, 0) is 0 Å². The summed E-state index contributed by atoms with van der Waals surface area (Å²) in [4.78, 5) is 4.48. The topological polar surface area (TPSA) is 38.1 Å². The highest BCUT2D eigenvalue weighted by molar-refractivity contribution is 7.99. The fourth-order valence-corrected chi connectivity index (χ4v) is 2.72. The van der Waals surface area contributed by atoms with Crippen LogP contribution in [0.4, 0.5) is 0 Å². The zero-order valence-electron chi connectivity index (χ0n) is 11.7. The summed E-state index contributed by atoms with van der Waals surface area (Å²) < 4.78 is 2.26. The molecule has 0 fully saturated rings. The van der Waals surface area contributed by atoms with Crippen LogP contribution < -0.4 is 0 Å². The van der Waals surface area contributed by atoms with Gasteiger partial charge in [-0.25, -0.2) is 4.98 Å². The Labute approximate surface area is 109 Å². The third kappa shape index (κ3) is 4.03. The molecular weight excluding hydrogens is 232 g/mol. The molecule has 4 heteroatoms. The quantitative estimate of drug-likeness (QED) is 0.820. The van der Waals surface area contributed by atoms with Crippen molar-refractivity contribution < 1.29 is 5.11 Å². The molecule has 0 atom stereocenters. The van der Waals surface area contributed by atoms with Gasteiger partial charge >= 0.3 is 0 Å². The zero-order chi connectivity index (χ0) is 13.2. The van der Waals surface area contributed by atoms with Crippen LogP contribution in [0.15, 0.2) is 11.4 Å². The highest BCUT2D eigenvalue weighted by atomic mass is 32.2. The molecule has 0 amide bonds. The van der Waals surface area contributed by atoms with Gasteiger partial charge in [0.05, 0.1) is 5.60 Å². The Morgan fingerprint density at radius 2 is 1.94 bits per heavy atom. The molecule has 0 saturated heterocycles. The lowest BCUT2D eigenvalue weighted by Crippen LogP contribution is -2.22. The molecule has 0 bridgehead atoms. The van der Waals surface area contributed by atoms with Crippen molar-refractivity contribution in [1.82, 2.24) is 9.55 Å². The Bertz CT molecular complexity index is 364. The molecule has 3 nitrogen and oxygen atoms in total. The fraction of sp³-hybridized carbons (Fsp3) is 0.769. The van der Waals surface area contributed by atoms with E-state index in [1.165, 1.54) is 5.69 Å². The standard InChI is InChI=1S/C13H24N2OS/c1-9(2)11-7-14-12(15(11)10(3)4)17-8-13(5,6)16/h7,9-10,16H,8H2,1-6H3. The summed E-state index contributed by atoms with van der Waals surface area (Å²) in [6, 6.07) is 0.402. The second-order valence-electron chi connectivity index (χ2n) is 5.69.